The highest BCUT2D eigenvalue weighted by Gasteiger charge is 2.35. The fourth-order valence-electron chi connectivity index (χ4n) is 2.68. The van der Waals surface area contributed by atoms with E-state index in [1.165, 1.54) is 25.7 Å². The maximum Gasteiger partial charge on any atom is 0.0530 e. The largest absolute Gasteiger partial charge is 0.384 e. The maximum atomic E-state index is 5.38. The van der Waals surface area contributed by atoms with Crippen molar-refractivity contribution in [3.63, 3.8) is 0 Å². The molecule has 14 heavy (non-hydrogen) atoms. The number of methoxy groups -OCH3 is 1. The Labute approximate surface area is 88.4 Å². The number of ether oxygens (including phenoxy) is 1. The van der Waals surface area contributed by atoms with Crippen molar-refractivity contribution in [3.8, 4) is 0 Å². The van der Waals surface area contributed by atoms with Crippen molar-refractivity contribution in [2.24, 2.45) is 11.3 Å². The van der Waals surface area contributed by atoms with E-state index >= 15 is 0 Å². The van der Waals surface area contributed by atoms with Crippen LogP contribution in [0.25, 0.3) is 0 Å². The number of nitrogens with one attached hydrogen (secondary N) is 1. The average Bonchev–Trinajstić information content (AvgIpc) is 2.68. The van der Waals surface area contributed by atoms with E-state index in [-0.39, 0.29) is 0 Å². The second-order valence-electron chi connectivity index (χ2n) is 4.85. The Bertz CT molecular complexity index is 154. The van der Waals surface area contributed by atoms with E-state index in [9.17, 15) is 0 Å². The maximum absolute atomic E-state index is 5.38. The Morgan fingerprint density at radius 2 is 2.00 bits per heavy atom. The lowest BCUT2D eigenvalue weighted by Crippen LogP contribution is -2.40. The Morgan fingerprint density at radius 1 is 1.36 bits per heavy atom. The highest BCUT2D eigenvalue weighted by molar-refractivity contribution is 4.87. The van der Waals surface area contributed by atoms with Crippen LogP contribution in [0.2, 0.25) is 0 Å². The lowest BCUT2D eigenvalue weighted by atomic mass is 9.76. The molecule has 1 fully saturated rings. The molecular weight excluding hydrogens is 174 g/mol. The minimum absolute atomic E-state index is 0.348. The predicted octanol–water partition coefficient (Wildman–Crippen LogP) is 2.44. The smallest absolute Gasteiger partial charge is 0.0530 e. The minimum atomic E-state index is 0.348. The number of rotatable bonds is 6. The molecule has 1 aliphatic carbocycles. The van der Waals surface area contributed by atoms with Crippen molar-refractivity contribution in [1.29, 1.82) is 0 Å². The van der Waals surface area contributed by atoms with Crippen LogP contribution >= 0.6 is 0 Å². The van der Waals surface area contributed by atoms with Gasteiger partial charge in [-0.2, -0.15) is 0 Å². The Hall–Kier alpha value is -0.0800. The van der Waals surface area contributed by atoms with E-state index in [0.717, 1.165) is 25.6 Å². The van der Waals surface area contributed by atoms with Crippen LogP contribution in [0.15, 0.2) is 0 Å². The fourth-order valence-corrected chi connectivity index (χ4v) is 2.68. The first kappa shape index (κ1) is 12.0. The first-order valence-electron chi connectivity index (χ1n) is 5.92. The van der Waals surface area contributed by atoms with Gasteiger partial charge in [0.2, 0.25) is 0 Å². The van der Waals surface area contributed by atoms with E-state index in [2.05, 4.69) is 19.2 Å². The molecule has 0 spiro atoms. The topological polar surface area (TPSA) is 21.3 Å². The zero-order valence-corrected chi connectivity index (χ0v) is 9.94. The molecule has 0 amide bonds. The molecule has 1 rings (SSSR count). The normalized spacial score (nSPS) is 22.5. The van der Waals surface area contributed by atoms with Gasteiger partial charge in [0.15, 0.2) is 0 Å². The standard InChI is InChI=1S/C12H25NO/c1-4-13-9-12(2,10-14-3)11-7-5-6-8-11/h11,13H,4-10H2,1-3H3. The lowest BCUT2D eigenvalue weighted by molar-refractivity contribution is 0.0471. The third kappa shape index (κ3) is 2.96. The summed E-state index contributed by atoms with van der Waals surface area (Å²) in [5.74, 6) is 0.862. The van der Waals surface area contributed by atoms with Gasteiger partial charge in [0.25, 0.3) is 0 Å². The van der Waals surface area contributed by atoms with Crippen LogP contribution in [0.1, 0.15) is 39.5 Å². The predicted molar refractivity (Wildman–Crippen MR) is 60.5 cm³/mol. The average molecular weight is 199 g/mol. The lowest BCUT2D eigenvalue weighted by Gasteiger charge is -2.35. The summed E-state index contributed by atoms with van der Waals surface area (Å²) < 4.78 is 5.38. The van der Waals surface area contributed by atoms with E-state index in [1.807, 2.05) is 7.11 Å². The van der Waals surface area contributed by atoms with Crippen molar-refractivity contribution in [3.05, 3.63) is 0 Å². The molecule has 2 heteroatoms. The highest BCUT2D eigenvalue weighted by Crippen LogP contribution is 2.39. The summed E-state index contributed by atoms with van der Waals surface area (Å²) in [6.07, 6.45) is 5.61. The molecule has 0 aromatic heterocycles. The summed E-state index contributed by atoms with van der Waals surface area (Å²) in [7, 11) is 1.82. The molecule has 1 unspecified atom stereocenters. The molecule has 0 bridgehead atoms. The SMILES string of the molecule is CCNCC(C)(COC)C1CCCC1. The summed E-state index contributed by atoms with van der Waals surface area (Å²) in [6, 6.07) is 0. The second kappa shape index (κ2) is 5.72. The molecule has 0 aromatic rings. The first-order valence-corrected chi connectivity index (χ1v) is 5.92. The highest BCUT2D eigenvalue weighted by atomic mass is 16.5. The molecule has 0 aromatic carbocycles. The van der Waals surface area contributed by atoms with E-state index in [0.29, 0.717) is 5.41 Å². The van der Waals surface area contributed by atoms with Gasteiger partial charge in [-0.1, -0.05) is 26.7 Å². The van der Waals surface area contributed by atoms with Crippen molar-refractivity contribution in [2.45, 2.75) is 39.5 Å². The monoisotopic (exact) mass is 199 g/mol. The molecular formula is C12H25NO. The Morgan fingerprint density at radius 3 is 2.50 bits per heavy atom. The second-order valence-corrected chi connectivity index (χ2v) is 4.85. The van der Waals surface area contributed by atoms with Crippen molar-refractivity contribution < 1.29 is 4.74 Å². The molecule has 1 aliphatic rings. The van der Waals surface area contributed by atoms with E-state index < -0.39 is 0 Å². The third-order valence-electron chi connectivity index (χ3n) is 3.59. The van der Waals surface area contributed by atoms with Crippen LogP contribution in [-0.4, -0.2) is 26.8 Å². The van der Waals surface area contributed by atoms with Gasteiger partial charge in [0, 0.05) is 19.1 Å². The van der Waals surface area contributed by atoms with Gasteiger partial charge in [0.05, 0.1) is 6.61 Å². The van der Waals surface area contributed by atoms with Gasteiger partial charge in [-0.05, 0) is 25.3 Å². The van der Waals surface area contributed by atoms with Gasteiger partial charge in [-0.25, -0.2) is 0 Å². The van der Waals surface area contributed by atoms with E-state index in [4.69, 9.17) is 4.74 Å². The summed E-state index contributed by atoms with van der Waals surface area (Å²) in [5, 5.41) is 3.47. The molecule has 1 atom stereocenters. The molecule has 2 nitrogen and oxygen atoms in total. The van der Waals surface area contributed by atoms with Gasteiger partial charge < -0.3 is 10.1 Å². The quantitative estimate of drug-likeness (QED) is 0.709. The Balaban J connectivity index is 2.49. The minimum Gasteiger partial charge on any atom is -0.384 e. The molecule has 1 saturated carbocycles. The zero-order valence-electron chi connectivity index (χ0n) is 9.94. The molecule has 0 saturated heterocycles. The van der Waals surface area contributed by atoms with Crippen molar-refractivity contribution in [2.75, 3.05) is 26.8 Å². The van der Waals surface area contributed by atoms with Crippen molar-refractivity contribution >= 4 is 0 Å². The number of hydrogen-bond acceptors (Lipinski definition) is 2. The van der Waals surface area contributed by atoms with Gasteiger partial charge in [-0.3, -0.25) is 0 Å². The van der Waals surface area contributed by atoms with E-state index in [1.54, 1.807) is 0 Å². The summed E-state index contributed by atoms with van der Waals surface area (Å²) >= 11 is 0. The van der Waals surface area contributed by atoms with Gasteiger partial charge in [-0.15, -0.1) is 0 Å². The summed E-state index contributed by atoms with van der Waals surface area (Å²) in [5.41, 5.74) is 0.348. The van der Waals surface area contributed by atoms with Crippen LogP contribution in [0, 0.1) is 11.3 Å². The molecule has 0 heterocycles. The number of hydrogen-bond donors (Lipinski definition) is 1. The zero-order chi connectivity index (χ0) is 10.4. The van der Waals surface area contributed by atoms with Crippen molar-refractivity contribution in [1.82, 2.24) is 5.32 Å². The van der Waals surface area contributed by atoms with Gasteiger partial charge >= 0.3 is 0 Å². The molecule has 0 aliphatic heterocycles. The third-order valence-corrected chi connectivity index (χ3v) is 3.59. The Kier molecular flexibility index (Phi) is 4.90. The summed E-state index contributed by atoms with van der Waals surface area (Å²) in [4.78, 5) is 0. The first-order chi connectivity index (χ1) is 6.73. The molecule has 1 N–H and O–H groups in total. The molecule has 84 valence electrons. The van der Waals surface area contributed by atoms with Crippen LogP contribution in [0.5, 0.6) is 0 Å². The van der Waals surface area contributed by atoms with Crippen LogP contribution in [0.3, 0.4) is 0 Å². The van der Waals surface area contributed by atoms with Crippen LogP contribution in [0.4, 0.5) is 0 Å². The summed E-state index contributed by atoms with van der Waals surface area (Å²) in [6.45, 7) is 7.59. The van der Waals surface area contributed by atoms with Gasteiger partial charge in [0.1, 0.15) is 0 Å². The fraction of sp³-hybridized carbons (Fsp3) is 1.00. The molecule has 0 radical (unpaired) electrons. The van der Waals surface area contributed by atoms with Crippen LogP contribution in [-0.2, 0) is 4.74 Å². The van der Waals surface area contributed by atoms with Crippen LogP contribution < -0.4 is 5.32 Å².